The second kappa shape index (κ2) is 6.57. The number of likely N-dealkylation sites (tertiary alicyclic amines) is 1. The van der Waals surface area contributed by atoms with Crippen molar-refractivity contribution in [3.8, 4) is 5.75 Å². The Balaban J connectivity index is 2.03. The first kappa shape index (κ1) is 13.9. The van der Waals surface area contributed by atoms with Crippen LogP contribution in [0.15, 0.2) is 24.3 Å². The Hall–Kier alpha value is -1.55. The molecule has 0 aromatic heterocycles. The molecule has 1 saturated heterocycles. The molecule has 4 nitrogen and oxygen atoms in total. The van der Waals surface area contributed by atoms with Crippen LogP contribution < -0.4 is 0 Å². The van der Waals surface area contributed by atoms with E-state index in [1.54, 1.807) is 18.2 Å². The van der Waals surface area contributed by atoms with Crippen molar-refractivity contribution >= 4 is 5.91 Å². The lowest BCUT2D eigenvalue weighted by Gasteiger charge is -2.35. The van der Waals surface area contributed by atoms with Gasteiger partial charge in [-0.2, -0.15) is 0 Å². The molecule has 1 aliphatic heterocycles. The van der Waals surface area contributed by atoms with Crippen LogP contribution in [0, 0.1) is 0 Å². The zero-order chi connectivity index (χ0) is 13.7. The number of phenols is 1. The van der Waals surface area contributed by atoms with Crippen molar-refractivity contribution in [1.82, 2.24) is 4.90 Å². The predicted molar refractivity (Wildman–Crippen MR) is 72.9 cm³/mol. The minimum absolute atomic E-state index is 0.0413. The second-order valence-electron chi connectivity index (χ2n) is 5.05. The van der Waals surface area contributed by atoms with Gasteiger partial charge in [0.25, 0.3) is 0 Å². The first-order valence-electron chi connectivity index (χ1n) is 6.89. The van der Waals surface area contributed by atoms with Crippen LogP contribution in [-0.4, -0.2) is 40.2 Å². The molecule has 0 saturated carbocycles. The molecule has 1 fully saturated rings. The molecule has 1 aromatic carbocycles. The Morgan fingerprint density at radius 3 is 2.84 bits per heavy atom. The Labute approximate surface area is 113 Å². The number of benzene rings is 1. The van der Waals surface area contributed by atoms with E-state index in [0.717, 1.165) is 25.8 Å². The quantitative estimate of drug-likeness (QED) is 0.869. The summed E-state index contributed by atoms with van der Waals surface area (Å²) < 4.78 is 0. The molecule has 1 amide bonds. The first-order chi connectivity index (χ1) is 9.22. The number of aromatic hydroxyl groups is 1. The zero-order valence-electron chi connectivity index (χ0n) is 11.1. The summed E-state index contributed by atoms with van der Waals surface area (Å²) in [5.41, 5.74) is 0.667. The average molecular weight is 263 g/mol. The maximum atomic E-state index is 12.3. The summed E-state index contributed by atoms with van der Waals surface area (Å²) >= 11 is 0. The molecule has 2 N–H and O–H groups in total. The van der Waals surface area contributed by atoms with Gasteiger partial charge in [0.15, 0.2) is 0 Å². The Kier molecular flexibility index (Phi) is 4.80. The lowest BCUT2D eigenvalue weighted by atomic mass is 9.98. The van der Waals surface area contributed by atoms with Gasteiger partial charge in [-0.25, -0.2) is 0 Å². The fraction of sp³-hybridized carbons (Fsp3) is 0.533. The van der Waals surface area contributed by atoms with Crippen LogP contribution in [0.3, 0.4) is 0 Å². The van der Waals surface area contributed by atoms with Gasteiger partial charge in [-0.05, 0) is 31.7 Å². The van der Waals surface area contributed by atoms with Crippen LogP contribution in [0.4, 0.5) is 0 Å². The molecule has 2 rings (SSSR count). The highest BCUT2D eigenvalue weighted by Crippen LogP contribution is 2.22. The molecule has 0 bridgehead atoms. The van der Waals surface area contributed by atoms with Crippen LogP contribution in [0.1, 0.15) is 31.2 Å². The topological polar surface area (TPSA) is 60.8 Å². The smallest absolute Gasteiger partial charge is 0.227 e. The molecule has 0 radical (unpaired) electrons. The molecule has 0 aliphatic carbocycles. The molecule has 0 spiro atoms. The molecule has 104 valence electrons. The van der Waals surface area contributed by atoms with Crippen molar-refractivity contribution in [3.05, 3.63) is 29.8 Å². The van der Waals surface area contributed by atoms with Gasteiger partial charge in [-0.3, -0.25) is 4.79 Å². The number of piperidine rings is 1. The maximum absolute atomic E-state index is 12.3. The first-order valence-corrected chi connectivity index (χ1v) is 6.89. The second-order valence-corrected chi connectivity index (χ2v) is 5.05. The van der Waals surface area contributed by atoms with E-state index in [0.29, 0.717) is 12.0 Å². The van der Waals surface area contributed by atoms with Gasteiger partial charge < -0.3 is 15.1 Å². The van der Waals surface area contributed by atoms with E-state index < -0.39 is 0 Å². The van der Waals surface area contributed by atoms with E-state index in [4.69, 9.17) is 5.11 Å². The van der Waals surface area contributed by atoms with Crippen molar-refractivity contribution in [2.24, 2.45) is 0 Å². The molecule has 1 heterocycles. The number of nitrogens with zero attached hydrogens (tertiary/aromatic N) is 1. The molecule has 4 heteroatoms. The van der Waals surface area contributed by atoms with E-state index in [9.17, 15) is 9.90 Å². The third-order valence-electron chi connectivity index (χ3n) is 3.74. The summed E-state index contributed by atoms with van der Waals surface area (Å²) in [6, 6.07) is 7.10. The van der Waals surface area contributed by atoms with Crippen molar-refractivity contribution in [2.45, 2.75) is 38.1 Å². The van der Waals surface area contributed by atoms with E-state index >= 15 is 0 Å². The van der Waals surface area contributed by atoms with E-state index in [2.05, 4.69) is 0 Å². The SMILES string of the molecule is O=C(Cc1ccccc1O)N1CCCCC1CCO. The highest BCUT2D eigenvalue weighted by molar-refractivity contribution is 5.79. The van der Waals surface area contributed by atoms with Crippen LogP contribution in [-0.2, 0) is 11.2 Å². The minimum atomic E-state index is 0.0413. The summed E-state index contributed by atoms with van der Waals surface area (Å²) in [6.07, 6.45) is 3.98. The van der Waals surface area contributed by atoms with Gasteiger partial charge in [0.05, 0.1) is 6.42 Å². The fourth-order valence-electron chi connectivity index (χ4n) is 2.70. The third-order valence-corrected chi connectivity index (χ3v) is 3.74. The summed E-state index contributed by atoms with van der Waals surface area (Å²) in [4.78, 5) is 14.2. The van der Waals surface area contributed by atoms with Gasteiger partial charge in [0, 0.05) is 24.8 Å². The van der Waals surface area contributed by atoms with E-state index in [-0.39, 0.29) is 30.7 Å². The maximum Gasteiger partial charge on any atom is 0.227 e. The Bertz CT molecular complexity index is 431. The van der Waals surface area contributed by atoms with Crippen molar-refractivity contribution in [3.63, 3.8) is 0 Å². The van der Waals surface area contributed by atoms with E-state index in [1.165, 1.54) is 0 Å². The number of phenolic OH excluding ortho intramolecular Hbond substituents is 1. The van der Waals surface area contributed by atoms with Crippen LogP contribution in [0.2, 0.25) is 0 Å². The Morgan fingerprint density at radius 1 is 1.32 bits per heavy atom. The molecule has 1 aliphatic rings. The minimum Gasteiger partial charge on any atom is -0.508 e. The summed E-state index contributed by atoms with van der Waals surface area (Å²) in [5.74, 6) is 0.214. The van der Waals surface area contributed by atoms with E-state index in [1.807, 2.05) is 11.0 Å². The molecular formula is C15H21NO3. The van der Waals surface area contributed by atoms with Crippen molar-refractivity contribution < 1.29 is 15.0 Å². The van der Waals surface area contributed by atoms with Gasteiger partial charge in [0.2, 0.25) is 5.91 Å². The highest BCUT2D eigenvalue weighted by atomic mass is 16.3. The van der Waals surface area contributed by atoms with Crippen LogP contribution in [0.25, 0.3) is 0 Å². The number of carbonyl (C=O) groups is 1. The van der Waals surface area contributed by atoms with Crippen LogP contribution >= 0.6 is 0 Å². The molecule has 1 atom stereocenters. The number of para-hydroxylation sites is 1. The number of hydrogen-bond acceptors (Lipinski definition) is 3. The van der Waals surface area contributed by atoms with Crippen molar-refractivity contribution in [1.29, 1.82) is 0 Å². The van der Waals surface area contributed by atoms with Crippen LogP contribution in [0.5, 0.6) is 5.75 Å². The molecule has 1 unspecified atom stereocenters. The van der Waals surface area contributed by atoms with Crippen molar-refractivity contribution in [2.75, 3.05) is 13.2 Å². The number of rotatable bonds is 4. The largest absolute Gasteiger partial charge is 0.508 e. The number of aliphatic hydroxyl groups excluding tert-OH is 1. The van der Waals surface area contributed by atoms with Gasteiger partial charge >= 0.3 is 0 Å². The summed E-state index contributed by atoms with van der Waals surface area (Å²) in [6.45, 7) is 0.877. The Morgan fingerprint density at radius 2 is 2.11 bits per heavy atom. The number of hydrogen-bond donors (Lipinski definition) is 2. The standard InChI is InChI=1S/C15H21NO3/c17-10-8-13-6-3-4-9-16(13)15(19)11-12-5-1-2-7-14(12)18/h1-2,5,7,13,17-18H,3-4,6,8-11H2. The number of carbonyl (C=O) groups excluding carboxylic acids is 1. The normalized spacial score (nSPS) is 19.4. The van der Waals surface area contributed by atoms with Gasteiger partial charge in [-0.1, -0.05) is 18.2 Å². The summed E-state index contributed by atoms with van der Waals surface area (Å²) in [5, 5.41) is 18.8. The number of amides is 1. The summed E-state index contributed by atoms with van der Waals surface area (Å²) in [7, 11) is 0. The predicted octanol–water partition coefficient (Wildman–Crippen LogP) is 1.70. The lowest BCUT2D eigenvalue weighted by molar-refractivity contribution is -0.134. The fourth-order valence-corrected chi connectivity index (χ4v) is 2.70. The monoisotopic (exact) mass is 263 g/mol. The molecule has 19 heavy (non-hydrogen) atoms. The zero-order valence-corrected chi connectivity index (χ0v) is 11.1. The molecule has 1 aromatic rings. The van der Waals surface area contributed by atoms with Gasteiger partial charge in [-0.15, -0.1) is 0 Å². The average Bonchev–Trinajstić information content (AvgIpc) is 2.42. The molecular weight excluding hydrogens is 242 g/mol. The van der Waals surface area contributed by atoms with Gasteiger partial charge in [0.1, 0.15) is 5.75 Å². The highest BCUT2D eigenvalue weighted by Gasteiger charge is 2.26. The third kappa shape index (κ3) is 3.47. The number of aliphatic hydroxyl groups is 1. The lowest BCUT2D eigenvalue weighted by Crippen LogP contribution is -2.44.